The van der Waals surface area contributed by atoms with Crippen molar-refractivity contribution in [2.45, 2.75) is 45.4 Å². The Morgan fingerprint density at radius 2 is 2.22 bits per heavy atom. The van der Waals surface area contributed by atoms with Gasteiger partial charge < -0.3 is 9.26 Å². The zero-order valence-electron chi connectivity index (χ0n) is 11.0. The number of hydrogen-bond donors (Lipinski definition) is 0. The van der Waals surface area contributed by atoms with Crippen LogP contribution in [0.25, 0.3) is 0 Å². The summed E-state index contributed by atoms with van der Waals surface area (Å²) in [4.78, 5) is 15.5. The first-order chi connectivity index (χ1) is 8.43. The SMILES string of the molecule is C#CCOC(=O)CCCc1nc(C(C)(C)C)no1. The van der Waals surface area contributed by atoms with Crippen molar-refractivity contribution in [1.29, 1.82) is 0 Å². The summed E-state index contributed by atoms with van der Waals surface area (Å²) < 4.78 is 9.86. The number of carbonyl (C=O) groups is 1. The third-order valence-electron chi connectivity index (χ3n) is 2.23. The third kappa shape index (κ3) is 4.58. The van der Waals surface area contributed by atoms with Crippen LogP contribution in [0.15, 0.2) is 4.52 Å². The lowest BCUT2D eigenvalue weighted by Gasteiger charge is -2.10. The molecule has 5 heteroatoms. The maximum absolute atomic E-state index is 11.2. The molecular weight excluding hydrogens is 232 g/mol. The van der Waals surface area contributed by atoms with Crippen molar-refractivity contribution in [3.63, 3.8) is 0 Å². The van der Waals surface area contributed by atoms with Crippen molar-refractivity contribution >= 4 is 5.97 Å². The number of hydrogen-bond acceptors (Lipinski definition) is 5. The van der Waals surface area contributed by atoms with E-state index in [4.69, 9.17) is 15.7 Å². The van der Waals surface area contributed by atoms with Crippen LogP contribution in [0.3, 0.4) is 0 Å². The molecule has 0 fully saturated rings. The van der Waals surface area contributed by atoms with Crippen molar-refractivity contribution < 1.29 is 14.1 Å². The maximum atomic E-state index is 11.2. The van der Waals surface area contributed by atoms with Gasteiger partial charge in [0, 0.05) is 18.3 Å². The molecule has 0 atom stereocenters. The molecular formula is C13H18N2O3. The Labute approximate surface area is 107 Å². The minimum Gasteiger partial charge on any atom is -0.452 e. The molecule has 5 nitrogen and oxygen atoms in total. The van der Waals surface area contributed by atoms with Crippen LogP contribution in [-0.2, 0) is 21.4 Å². The second-order valence-electron chi connectivity index (χ2n) is 4.98. The van der Waals surface area contributed by atoms with E-state index in [1.165, 1.54) is 0 Å². The van der Waals surface area contributed by atoms with Crippen LogP contribution in [0.4, 0.5) is 0 Å². The van der Waals surface area contributed by atoms with Gasteiger partial charge in [-0.15, -0.1) is 6.42 Å². The highest BCUT2D eigenvalue weighted by Gasteiger charge is 2.20. The van der Waals surface area contributed by atoms with Gasteiger partial charge in [0.15, 0.2) is 12.4 Å². The minimum absolute atomic E-state index is 0.0214. The molecule has 0 unspecified atom stereocenters. The Bertz CT molecular complexity index is 438. The molecule has 0 saturated carbocycles. The van der Waals surface area contributed by atoms with Crippen LogP contribution in [0.1, 0.15) is 45.3 Å². The molecule has 1 aromatic rings. The Hall–Kier alpha value is -1.83. The Morgan fingerprint density at radius 1 is 1.50 bits per heavy atom. The molecule has 0 aromatic carbocycles. The molecule has 0 saturated heterocycles. The molecule has 0 radical (unpaired) electrons. The van der Waals surface area contributed by atoms with E-state index in [0.717, 1.165) is 0 Å². The first kappa shape index (κ1) is 14.2. The van der Waals surface area contributed by atoms with Gasteiger partial charge in [0.2, 0.25) is 5.89 Å². The van der Waals surface area contributed by atoms with E-state index in [1.54, 1.807) is 0 Å². The number of ether oxygens (including phenoxy) is 1. The third-order valence-corrected chi connectivity index (χ3v) is 2.23. The average molecular weight is 250 g/mol. The summed E-state index contributed by atoms with van der Waals surface area (Å²) in [6.07, 6.45) is 6.45. The van der Waals surface area contributed by atoms with Crippen molar-refractivity contribution in [1.82, 2.24) is 10.1 Å². The van der Waals surface area contributed by atoms with E-state index in [9.17, 15) is 4.79 Å². The van der Waals surface area contributed by atoms with E-state index in [2.05, 4.69) is 16.1 Å². The fourth-order valence-corrected chi connectivity index (χ4v) is 1.24. The molecule has 0 bridgehead atoms. The largest absolute Gasteiger partial charge is 0.452 e. The molecule has 98 valence electrons. The zero-order chi connectivity index (χ0) is 13.6. The highest BCUT2D eigenvalue weighted by Crippen LogP contribution is 2.18. The standard InChI is InChI=1S/C13H18N2O3/c1-5-9-17-11(16)8-6-7-10-14-12(15-18-10)13(2,3)4/h1H,6-9H2,2-4H3. The summed E-state index contributed by atoms with van der Waals surface area (Å²) in [6.45, 7) is 6.06. The maximum Gasteiger partial charge on any atom is 0.306 e. The van der Waals surface area contributed by atoms with E-state index in [1.807, 2.05) is 20.8 Å². The monoisotopic (exact) mass is 250 g/mol. The second kappa shape index (κ2) is 6.20. The van der Waals surface area contributed by atoms with E-state index in [0.29, 0.717) is 31.0 Å². The lowest BCUT2D eigenvalue weighted by molar-refractivity contribution is -0.142. The van der Waals surface area contributed by atoms with Crippen LogP contribution < -0.4 is 0 Å². The fourth-order valence-electron chi connectivity index (χ4n) is 1.24. The van der Waals surface area contributed by atoms with Gasteiger partial charge in [-0.05, 0) is 6.42 Å². The molecule has 0 amide bonds. The molecule has 0 N–H and O–H groups in total. The lowest BCUT2D eigenvalue weighted by Crippen LogP contribution is -2.13. The van der Waals surface area contributed by atoms with Crippen molar-refractivity contribution in [3.05, 3.63) is 11.7 Å². The summed E-state index contributed by atoms with van der Waals surface area (Å²) in [5.41, 5.74) is -0.131. The summed E-state index contributed by atoms with van der Waals surface area (Å²) in [5, 5.41) is 3.91. The first-order valence-electron chi connectivity index (χ1n) is 5.85. The smallest absolute Gasteiger partial charge is 0.306 e. The van der Waals surface area contributed by atoms with Crippen LogP contribution in [0, 0.1) is 12.3 Å². The summed E-state index contributed by atoms with van der Waals surface area (Å²) >= 11 is 0. The topological polar surface area (TPSA) is 65.2 Å². The van der Waals surface area contributed by atoms with Crippen molar-refractivity contribution in [2.24, 2.45) is 0 Å². The number of terminal acetylenes is 1. The molecule has 1 rings (SSSR count). The van der Waals surface area contributed by atoms with E-state index >= 15 is 0 Å². The molecule has 0 aliphatic heterocycles. The highest BCUT2D eigenvalue weighted by molar-refractivity contribution is 5.69. The number of rotatable bonds is 5. The first-order valence-corrected chi connectivity index (χ1v) is 5.85. The van der Waals surface area contributed by atoms with Crippen LogP contribution >= 0.6 is 0 Å². The van der Waals surface area contributed by atoms with Gasteiger partial charge in [0.25, 0.3) is 0 Å². The predicted molar refractivity (Wildman–Crippen MR) is 65.7 cm³/mol. The summed E-state index contributed by atoms with van der Waals surface area (Å²) in [6, 6.07) is 0. The average Bonchev–Trinajstić information content (AvgIpc) is 2.74. The van der Waals surface area contributed by atoms with Gasteiger partial charge in [0.05, 0.1) is 0 Å². The number of aryl methyl sites for hydroxylation is 1. The van der Waals surface area contributed by atoms with Gasteiger partial charge in [-0.1, -0.05) is 31.8 Å². The Kier molecular flexibility index (Phi) is 4.90. The summed E-state index contributed by atoms with van der Waals surface area (Å²) in [7, 11) is 0. The molecule has 1 heterocycles. The van der Waals surface area contributed by atoms with E-state index in [-0.39, 0.29) is 18.0 Å². The van der Waals surface area contributed by atoms with Gasteiger partial charge in [-0.25, -0.2) is 0 Å². The molecule has 0 aliphatic rings. The number of aromatic nitrogens is 2. The van der Waals surface area contributed by atoms with Gasteiger partial charge in [-0.3, -0.25) is 4.79 Å². The van der Waals surface area contributed by atoms with Crippen LogP contribution in [0.5, 0.6) is 0 Å². The lowest BCUT2D eigenvalue weighted by atomic mass is 9.96. The Morgan fingerprint density at radius 3 is 2.78 bits per heavy atom. The molecule has 18 heavy (non-hydrogen) atoms. The van der Waals surface area contributed by atoms with Crippen LogP contribution in [-0.4, -0.2) is 22.7 Å². The zero-order valence-corrected chi connectivity index (χ0v) is 11.0. The fraction of sp³-hybridized carbons (Fsp3) is 0.615. The second-order valence-corrected chi connectivity index (χ2v) is 4.98. The van der Waals surface area contributed by atoms with Crippen molar-refractivity contribution in [3.8, 4) is 12.3 Å². The predicted octanol–water partition coefficient (Wildman–Crippen LogP) is 1.87. The summed E-state index contributed by atoms with van der Waals surface area (Å²) in [5.74, 6) is 3.16. The van der Waals surface area contributed by atoms with Gasteiger partial charge in [0.1, 0.15) is 0 Å². The quantitative estimate of drug-likeness (QED) is 0.589. The number of esters is 1. The number of nitrogens with zero attached hydrogens (tertiary/aromatic N) is 2. The Balaban J connectivity index is 2.34. The normalized spacial score (nSPS) is 11.0. The van der Waals surface area contributed by atoms with Gasteiger partial charge >= 0.3 is 5.97 Å². The highest BCUT2D eigenvalue weighted by atomic mass is 16.5. The minimum atomic E-state index is -0.302. The van der Waals surface area contributed by atoms with E-state index < -0.39 is 0 Å². The molecule has 0 aliphatic carbocycles. The molecule has 1 aromatic heterocycles. The van der Waals surface area contributed by atoms with Crippen LogP contribution in [0.2, 0.25) is 0 Å². The number of carbonyl (C=O) groups excluding carboxylic acids is 1. The molecule has 0 spiro atoms. The van der Waals surface area contributed by atoms with Crippen molar-refractivity contribution in [2.75, 3.05) is 6.61 Å². The van der Waals surface area contributed by atoms with Gasteiger partial charge in [-0.2, -0.15) is 4.98 Å².